The molecule has 4 N–H and O–H groups in total. The van der Waals surface area contributed by atoms with E-state index in [1.165, 1.54) is 4.90 Å². The van der Waals surface area contributed by atoms with Crippen molar-refractivity contribution < 1.29 is 14.4 Å². The number of quaternary nitrogens is 1. The van der Waals surface area contributed by atoms with Crippen LogP contribution in [0.1, 0.15) is 6.42 Å². The summed E-state index contributed by atoms with van der Waals surface area (Å²) >= 11 is 10.8. The SMILES string of the molecule is C[NH+](C)CCCNC(=S)NNC(=O)COc1ccc(Cl)cc1. The summed E-state index contributed by atoms with van der Waals surface area (Å²) in [6, 6.07) is 6.78. The van der Waals surface area contributed by atoms with E-state index >= 15 is 0 Å². The van der Waals surface area contributed by atoms with Gasteiger partial charge in [0.25, 0.3) is 5.91 Å². The molecule has 1 aromatic rings. The first kappa shape index (κ1) is 18.5. The second-order valence-corrected chi connectivity index (χ2v) is 5.83. The molecular formula is C14H22ClN4O2S+. The standard InChI is InChI=1S/C14H21ClN4O2S/c1-19(2)9-3-8-16-14(22)18-17-13(20)10-21-12-6-4-11(15)5-7-12/h4-7H,3,8-10H2,1-2H3,(H,17,20)(H2,16,18,22)/p+1. The molecule has 6 nitrogen and oxygen atoms in total. The zero-order valence-electron chi connectivity index (χ0n) is 12.7. The number of ether oxygens (including phenoxy) is 1. The van der Waals surface area contributed by atoms with Crippen LogP contribution in [0.3, 0.4) is 0 Å². The molecule has 0 spiro atoms. The van der Waals surface area contributed by atoms with E-state index in [-0.39, 0.29) is 12.5 Å². The van der Waals surface area contributed by atoms with E-state index in [1.807, 2.05) is 0 Å². The van der Waals surface area contributed by atoms with Crippen molar-refractivity contribution in [2.75, 3.05) is 33.8 Å². The molecule has 22 heavy (non-hydrogen) atoms. The van der Waals surface area contributed by atoms with Crippen molar-refractivity contribution in [1.82, 2.24) is 16.2 Å². The van der Waals surface area contributed by atoms with Gasteiger partial charge in [0.2, 0.25) is 0 Å². The predicted octanol–water partition coefficient (Wildman–Crippen LogP) is -0.251. The van der Waals surface area contributed by atoms with Crippen molar-refractivity contribution in [3.05, 3.63) is 29.3 Å². The van der Waals surface area contributed by atoms with Gasteiger partial charge in [-0.15, -0.1) is 0 Å². The lowest BCUT2D eigenvalue weighted by Crippen LogP contribution is -3.05. The van der Waals surface area contributed by atoms with E-state index in [0.717, 1.165) is 19.5 Å². The average molecular weight is 346 g/mol. The van der Waals surface area contributed by atoms with Crippen molar-refractivity contribution in [3.63, 3.8) is 0 Å². The van der Waals surface area contributed by atoms with Gasteiger partial charge in [-0.1, -0.05) is 11.6 Å². The Morgan fingerprint density at radius 2 is 1.95 bits per heavy atom. The van der Waals surface area contributed by atoms with Gasteiger partial charge in [-0.05, 0) is 36.5 Å². The van der Waals surface area contributed by atoms with Crippen molar-refractivity contribution in [2.45, 2.75) is 6.42 Å². The summed E-state index contributed by atoms with van der Waals surface area (Å²) in [5, 5.41) is 4.01. The van der Waals surface area contributed by atoms with Crippen LogP contribution < -0.4 is 25.8 Å². The van der Waals surface area contributed by atoms with E-state index in [4.69, 9.17) is 28.6 Å². The topological polar surface area (TPSA) is 66.8 Å². The van der Waals surface area contributed by atoms with Crippen LogP contribution in [0, 0.1) is 0 Å². The van der Waals surface area contributed by atoms with E-state index in [0.29, 0.717) is 15.9 Å². The Morgan fingerprint density at radius 3 is 2.59 bits per heavy atom. The smallest absolute Gasteiger partial charge is 0.276 e. The van der Waals surface area contributed by atoms with Gasteiger partial charge < -0.3 is 15.0 Å². The third-order valence-electron chi connectivity index (χ3n) is 2.64. The highest BCUT2D eigenvalue weighted by molar-refractivity contribution is 7.80. The monoisotopic (exact) mass is 345 g/mol. The van der Waals surface area contributed by atoms with Crippen LogP contribution in [0.25, 0.3) is 0 Å². The number of hydrogen-bond acceptors (Lipinski definition) is 3. The zero-order chi connectivity index (χ0) is 16.4. The Labute approximate surface area is 141 Å². The van der Waals surface area contributed by atoms with Crippen LogP contribution in [-0.2, 0) is 4.79 Å². The second-order valence-electron chi connectivity index (χ2n) is 4.98. The maximum atomic E-state index is 11.6. The highest BCUT2D eigenvalue weighted by atomic mass is 35.5. The summed E-state index contributed by atoms with van der Waals surface area (Å²) in [6.45, 7) is 1.70. The van der Waals surface area contributed by atoms with Gasteiger partial charge in [-0.25, -0.2) is 0 Å². The third kappa shape index (κ3) is 8.66. The second kappa shape index (κ2) is 10.2. The fourth-order valence-corrected chi connectivity index (χ4v) is 1.81. The van der Waals surface area contributed by atoms with Crippen molar-refractivity contribution >= 4 is 34.8 Å². The molecule has 0 bridgehead atoms. The summed E-state index contributed by atoms with van der Waals surface area (Å²) in [6.07, 6.45) is 0.998. The number of hydrogen-bond donors (Lipinski definition) is 4. The van der Waals surface area contributed by atoms with E-state index in [9.17, 15) is 4.79 Å². The van der Waals surface area contributed by atoms with Gasteiger partial charge in [-0.2, -0.15) is 0 Å². The minimum absolute atomic E-state index is 0.110. The van der Waals surface area contributed by atoms with Gasteiger partial charge in [-0.3, -0.25) is 15.6 Å². The molecule has 0 aliphatic heterocycles. The molecule has 0 unspecified atom stereocenters. The van der Waals surface area contributed by atoms with Crippen LogP contribution >= 0.6 is 23.8 Å². The number of amides is 1. The molecule has 8 heteroatoms. The maximum absolute atomic E-state index is 11.6. The van der Waals surface area contributed by atoms with Gasteiger partial charge >= 0.3 is 0 Å². The molecule has 0 radical (unpaired) electrons. The highest BCUT2D eigenvalue weighted by Crippen LogP contribution is 2.15. The fraction of sp³-hybridized carbons (Fsp3) is 0.429. The summed E-state index contributed by atoms with van der Waals surface area (Å²) in [5.74, 6) is 0.253. The minimum Gasteiger partial charge on any atom is -0.484 e. The van der Waals surface area contributed by atoms with Gasteiger partial charge in [0.05, 0.1) is 20.6 Å². The zero-order valence-corrected chi connectivity index (χ0v) is 14.3. The Hall–Kier alpha value is -1.57. The van der Waals surface area contributed by atoms with Gasteiger partial charge in [0.15, 0.2) is 11.7 Å². The van der Waals surface area contributed by atoms with Crippen LogP contribution in [0.2, 0.25) is 5.02 Å². The molecule has 1 rings (SSSR count). The first-order valence-electron chi connectivity index (χ1n) is 6.97. The lowest BCUT2D eigenvalue weighted by Gasteiger charge is -2.12. The number of carbonyl (C=O) groups is 1. The van der Waals surface area contributed by atoms with E-state index < -0.39 is 0 Å². The van der Waals surface area contributed by atoms with Crippen molar-refractivity contribution in [2.24, 2.45) is 0 Å². The lowest BCUT2D eigenvalue weighted by molar-refractivity contribution is -0.858. The first-order chi connectivity index (χ1) is 10.5. The fourth-order valence-electron chi connectivity index (χ4n) is 1.53. The largest absolute Gasteiger partial charge is 0.484 e. The average Bonchev–Trinajstić information content (AvgIpc) is 2.48. The Morgan fingerprint density at radius 1 is 1.27 bits per heavy atom. The Kier molecular flexibility index (Phi) is 8.57. The van der Waals surface area contributed by atoms with Crippen molar-refractivity contribution in [1.29, 1.82) is 0 Å². The molecule has 0 atom stereocenters. The molecule has 0 aliphatic rings. The molecule has 0 fully saturated rings. The summed E-state index contributed by atoms with van der Waals surface area (Å²) in [5.41, 5.74) is 5.09. The maximum Gasteiger partial charge on any atom is 0.276 e. The summed E-state index contributed by atoms with van der Waals surface area (Å²) in [7, 11) is 4.19. The molecule has 0 aliphatic carbocycles. The number of rotatable bonds is 7. The number of carbonyl (C=O) groups excluding carboxylic acids is 1. The van der Waals surface area contributed by atoms with Gasteiger partial charge in [0.1, 0.15) is 5.75 Å². The van der Waals surface area contributed by atoms with Crippen LogP contribution in [0.5, 0.6) is 5.75 Å². The normalized spacial score (nSPS) is 10.2. The molecular weight excluding hydrogens is 324 g/mol. The third-order valence-corrected chi connectivity index (χ3v) is 3.14. The van der Waals surface area contributed by atoms with Gasteiger partial charge in [0, 0.05) is 18.0 Å². The van der Waals surface area contributed by atoms with Crippen LogP contribution in [-0.4, -0.2) is 44.8 Å². The number of benzene rings is 1. The van der Waals surface area contributed by atoms with E-state index in [2.05, 4.69) is 30.3 Å². The Bertz CT molecular complexity index is 482. The highest BCUT2D eigenvalue weighted by Gasteiger charge is 2.03. The molecule has 1 aromatic carbocycles. The summed E-state index contributed by atoms with van der Waals surface area (Å²) < 4.78 is 5.30. The molecule has 0 saturated carbocycles. The quantitative estimate of drug-likeness (QED) is 0.312. The molecule has 122 valence electrons. The number of halogens is 1. The number of nitrogens with one attached hydrogen (secondary N) is 4. The van der Waals surface area contributed by atoms with Crippen molar-refractivity contribution in [3.8, 4) is 5.75 Å². The molecule has 0 heterocycles. The van der Waals surface area contributed by atoms with Crippen LogP contribution in [0.15, 0.2) is 24.3 Å². The van der Waals surface area contributed by atoms with Crippen LogP contribution in [0.4, 0.5) is 0 Å². The molecule has 0 saturated heterocycles. The molecule has 1 amide bonds. The predicted molar refractivity (Wildman–Crippen MR) is 91.1 cm³/mol. The first-order valence-corrected chi connectivity index (χ1v) is 7.76. The summed E-state index contributed by atoms with van der Waals surface area (Å²) in [4.78, 5) is 13.0. The Balaban J connectivity index is 2.12. The number of thiocarbonyl (C=S) groups is 1. The lowest BCUT2D eigenvalue weighted by atomic mass is 10.3. The number of hydrazine groups is 1. The minimum atomic E-state index is -0.322. The molecule has 0 aromatic heterocycles. The van der Waals surface area contributed by atoms with E-state index in [1.54, 1.807) is 24.3 Å².